The Labute approximate surface area is 126 Å². The van der Waals surface area contributed by atoms with Crippen molar-refractivity contribution in [3.63, 3.8) is 0 Å². The van der Waals surface area contributed by atoms with Crippen LogP contribution in [0.15, 0.2) is 28.8 Å². The number of hydrogen-bond donors (Lipinski definition) is 1. The van der Waals surface area contributed by atoms with Crippen LogP contribution in [0.1, 0.15) is 22.7 Å². The smallest absolute Gasteiger partial charge is 0.172 e. The van der Waals surface area contributed by atoms with Crippen molar-refractivity contribution >= 4 is 5.82 Å². The van der Waals surface area contributed by atoms with Crippen LogP contribution in [0.5, 0.6) is 0 Å². The number of aromatic nitrogens is 4. The van der Waals surface area contributed by atoms with Crippen molar-refractivity contribution in [2.45, 2.75) is 27.3 Å². The maximum atomic E-state index is 13.0. The number of halogens is 1. The third-order valence-electron chi connectivity index (χ3n) is 3.58. The largest absolute Gasteiger partial charge is 0.363 e. The zero-order valence-corrected chi connectivity index (χ0v) is 12.6. The second-order valence-corrected chi connectivity index (χ2v) is 5.07. The number of nitrogens with zero attached hydrogens (tertiary/aromatic N) is 4. The fourth-order valence-corrected chi connectivity index (χ4v) is 2.25. The Morgan fingerprint density at radius 2 is 1.91 bits per heavy atom. The summed E-state index contributed by atoms with van der Waals surface area (Å²) in [5.41, 5.74) is 3.47. The van der Waals surface area contributed by atoms with E-state index in [2.05, 4.69) is 20.8 Å². The van der Waals surface area contributed by atoms with E-state index >= 15 is 0 Å². The van der Waals surface area contributed by atoms with Crippen molar-refractivity contribution in [3.8, 4) is 5.69 Å². The molecule has 0 saturated carbocycles. The van der Waals surface area contributed by atoms with E-state index in [0.29, 0.717) is 12.4 Å². The molecular formula is C15H16FN5O. The first-order valence-electron chi connectivity index (χ1n) is 6.90. The highest BCUT2D eigenvalue weighted by Gasteiger charge is 2.13. The van der Waals surface area contributed by atoms with Gasteiger partial charge in [0, 0.05) is 12.1 Å². The number of nitrogens with one attached hydrogen (secondary N) is 1. The van der Waals surface area contributed by atoms with Crippen LogP contribution in [0.25, 0.3) is 5.69 Å². The lowest BCUT2D eigenvalue weighted by Crippen LogP contribution is -2.04. The van der Waals surface area contributed by atoms with Crippen LogP contribution in [-0.2, 0) is 6.54 Å². The second kappa shape index (κ2) is 5.59. The monoisotopic (exact) mass is 301 g/mol. The number of aryl methyl sites for hydroxylation is 2. The van der Waals surface area contributed by atoms with Crippen LogP contribution in [0.2, 0.25) is 0 Å². The summed E-state index contributed by atoms with van der Waals surface area (Å²) < 4.78 is 19.8. The predicted molar refractivity (Wildman–Crippen MR) is 79.4 cm³/mol. The van der Waals surface area contributed by atoms with Gasteiger partial charge in [0.15, 0.2) is 5.82 Å². The van der Waals surface area contributed by atoms with Crippen LogP contribution < -0.4 is 5.32 Å². The Morgan fingerprint density at radius 3 is 2.55 bits per heavy atom. The number of benzene rings is 1. The van der Waals surface area contributed by atoms with Crippen LogP contribution >= 0.6 is 0 Å². The van der Waals surface area contributed by atoms with Gasteiger partial charge in [0.05, 0.1) is 17.1 Å². The van der Waals surface area contributed by atoms with Crippen LogP contribution in [0.4, 0.5) is 10.2 Å². The summed E-state index contributed by atoms with van der Waals surface area (Å²) in [5.74, 6) is 1.18. The Bertz CT molecular complexity index is 771. The fraction of sp³-hybridized carbons (Fsp3) is 0.267. The van der Waals surface area contributed by atoms with Gasteiger partial charge in [0.25, 0.3) is 0 Å². The van der Waals surface area contributed by atoms with Gasteiger partial charge < -0.3 is 9.84 Å². The first-order valence-corrected chi connectivity index (χ1v) is 6.90. The molecular weight excluding hydrogens is 285 g/mol. The molecule has 2 heterocycles. The van der Waals surface area contributed by atoms with Crippen molar-refractivity contribution < 1.29 is 8.91 Å². The van der Waals surface area contributed by atoms with Crippen molar-refractivity contribution in [2.24, 2.45) is 0 Å². The van der Waals surface area contributed by atoms with Crippen molar-refractivity contribution in [2.75, 3.05) is 5.32 Å². The minimum Gasteiger partial charge on any atom is -0.363 e. The molecule has 114 valence electrons. The molecule has 0 fully saturated rings. The van der Waals surface area contributed by atoms with E-state index in [-0.39, 0.29) is 5.82 Å². The molecule has 3 aromatic rings. The minimum atomic E-state index is -0.279. The maximum Gasteiger partial charge on any atom is 0.172 e. The average Bonchev–Trinajstić information content (AvgIpc) is 3.02. The normalized spacial score (nSPS) is 10.9. The van der Waals surface area contributed by atoms with E-state index in [0.717, 1.165) is 28.4 Å². The molecule has 0 atom stereocenters. The molecule has 0 aliphatic heterocycles. The van der Waals surface area contributed by atoms with Crippen molar-refractivity contribution in [1.29, 1.82) is 0 Å². The summed E-state index contributed by atoms with van der Waals surface area (Å²) in [6.45, 7) is 6.23. The lowest BCUT2D eigenvalue weighted by atomic mass is 10.2. The third-order valence-corrected chi connectivity index (χ3v) is 3.58. The van der Waals surface area contributed by atoms with E-state index < -0.39 is 0 Å². The molecule has 0 aliphatic rings. The Kier molecular flexibility index (Phi) is 3.62. The van der Waals surface area contributed by atoms with Crippen LogP contribution in [0.3, 0.4) is 0 Å². The number of rotatable bonds is 4. The Morgan fingerprint density at radius 1 is 1.18 bits per heavy atom. The molecule has 0 aliphatic carbocycles. The molecule has 0 saturated heterocycles. The first kappa shape index (κ1) is 14.2. The zero-order chi connectivity index (χ0) is 15.7. The molecule has 7 heteroatoms. The summed E-state index contributed by atoms with van der Waals surface area (Å²) in [7, 11) is 0. The fourth-order valence-electron chi connectivity index (χ4n) is 2.25. The summed E-state index contributed by atoms with van der Waals surface area (Å²) in [4.78, 5) is 0. The third kappa shape index (κ3) is 2.57. The van der Waals surface area contributed by atoms with Gasteiger partial charge in [-0.25, -0.2) is 9.07 Å². The highest BCUT2D eigenvalue weighted by atomic mass is 19.1. The standard InChI is InChI=1S/C15H16FN5O/c1-9-14(11(3)22-19-9)8-17-15-10(2)21(20-18-15)13-6-4-12(16)5-7-13/h4-7,17H,8H2,1-3H3. The van der Waals surface area contributed by atoms with Crippen LogP contribution in [0, 0.1) is 26.6 Å². The number of hydrogen-bond acceptors (Lipinski definition) is 5. The molecule has 2 aromatic heterocycles. The lowest BCUT2D eigenvalue weighted by molar-refractivity contribution is 0.392. The van der Waals surface area contributed by atoms with E-state index in [9.17, 15) is 4.39 Å². The molecule has 22 heavy (non-hydrogen) atoms. The SMILES string of the molecule is Cc1noc(C)c1CNc1nnn(-c2ccc(F)cc2)c1C. The van der Waals surface area contributed by atoms with Crippen LogP contribution in [-0.4, -0.2) is 20.2 Å². The van der Waals surface area contributed by atoms with Crippen molar-refractivity contribution in [3.05, 3.63) is 52.8 Å². The number of anilines is 1. The predicted octanol–water partition coefficient (Wildman–Crippen LogP) is 2.93. The summed E-state index contributed by atoms with van der Waals surface area (Å²) >= 11 is 0. The highest BCUT2D eigenvalue weighted by Crippen LogP contribution is 2.18. The quantitative estimate of drug-likeness (QED) is 0.802. The zero-order valence-electron chi connectivity index (χ0n) is 12.6. The lowest BCUT2D eigenvalue weighted by Gasteiger charge is -2.05. The topological polar surface area (TPSA) is 68.8 Å². The van der Waals surface area contributed by atoms with Gasteiger partial charge in [-0.2, -0.15) is 0 Å². The van der Waals surface area contributed by atoms with Gasteiger partial charge >= 0.3 is 0 Å². The maximum absolute atomic E-state index is 13.0. The first-order chi connectivity index (χ1) is 10.6. The molecule has 0 unspecified atom stereocenters. The van der Waals surface area contributed by atoms with E-state index in [1.807, 2.05) is 20.8 Å². The van der Waals surface area contributed by atoms with Crippen molar-refractivity contribution in [1.82, 2.24) is 20.2 Å². The molecule has 1 aromatic carbocycles. The van der Waals surface area contributed by atoms with Gasteiger partial charge in [-0.05, 0) is 45.0 Å². The van der Waals surface area contributed by atoms with Gasteiger partial charge in [-0.15, -0.1) is 5.10 Å². The molecule has 3 rings (SSSR count). The average molecular weight is 301 g/mol. The van der Waals surface area contributed by atoms with Gasteiger partial charge in [-0.3, -0.25) is 0 Å². The molecule has 0 radical (unpaired) electrons. The Hall–Kier alpha value is -2.70. The summed E-state index contributed by atoms with van der Waals surface area (Å²) in [5, 5.41) is 15.4. The minimum absolute atomic E-state index is 0.279. The Balaban J connectivity index is 1.80. The summed E-state index contributed by atoms with van der Waals surface area (Å²) in [6.07, 6.45) is 0. The van der Waals surface area contributed by atoms with Gasteiger partial charge in [0.1, 0.15) is 11.6 Å². The van der Waals surface area contributed by atoms with Gasteiger partial charge in [-0.1, -0.05) is 10.4 Å². The van der Waals surface area contributed by atoms with E-state index in [4.69, 9.17) is 4.52 Å². The molecule has 0 bridgehead atoms. The molecule has 6 nitrogen and oxygen atoms in total. The van der Waals surface area contributed by atoms with E-state index in [1.165, 1.54) is 12.1 Å². The van der Waals surface area contributed by atoms with Gasteiger partial charge in [0.2, 0.25) is 0 Å². The highest BCUT2D eigenvalue weighted by molar-refractivity contribution is 5.44. The second-order valence-electron chi connectivity index (χ2n) is 5.07. The molecule has 0 spiro atoms. The molecule has 1 N–H and O–H groups in total. The molecule has 0 amide bonds. The summed E-state index contributed by atoms with van der Waals surface area (Å²) in [6, 6.07) is 6.12. The van der Waals surface area contributed by atoms with E-state index in [1.54, 1.807) is 16.8 Å².